The summed E-state index contributed by atoms with van der Waals surface area (Å²) in [5.41, 5.74) is 1.31. The molecule has 1 aromatic rings. The third-order valence-corrected chi connectivity index (χ3v) is 5.23. The van der Waals surface area contributed by atoms with Crippen LogP contribution in [0.1, 0.15) is 23.3 Å². The summed E-state index contributed by atoms with van der Waals surface area (Å²) in [6, 6.07) is 2.32. The summed E-state index contributed by atoms with van der Waals surface area (Å²) in [6.45, 7) is 3.17. The first-order valence-electron chi connectivity index (χ1n) is 6.96. The van der Waals surface area contributed by atoms with Crippen LogP contribution < -0.4 is 0 Å². The topological polar surface area (TPSA) is 43.8 Å². The molecule has 1 saturated heterocycles. The smallest absolute Gasteiger partial charge is 0.237 e. The maximum absolute atomic E-state index is 12.4. The van der Waals surface area contributed by atoms with Crippen LogP contribution in [0, 0.1) is 0 Å². The number of carbonyl (C=O) groups excluding carboxylic acids is 1. The van der Waals surface area contributed by atoms with Crippen LogP contribution in [0.25, 0.3) is 0 Å². The molecule has 1 N–H and O–H groups in total. The lowest BCUT2D eigenvalue weighted by Crippen LogP contribution is -2.44. The number of aliphatic hydroxyl groups is 1. The van der Waals surface area contributed by atoms with Crippen LogP contribution in [0.3, 0.4) is 0 Å². The SMILES string of the molecule is O=C(CN1CCCC1CO)N1CCc2sccc2C1. The molecule has 0 saturated carbocycles. The molecule has 1 amide bonds. The van der Waals surface area contributed by atoms with Crippen LogP contribution in [0.15, 0.2) is 11.4 Å². The van der Waals surface area contributed by atoms with Gasteiger partial charge in [0.05, 0.1) is 13.2 Å². The maximum Gasteiger partial charge on any atom is 0.237 e. The third kappa shape index (κ3) is 2.68. The Kier molecular flexibility index (Phi) is 3.86. The Bertz CT molecular complexity index is 460. The van der Waals surface area contributed by atoms with Gasteiger partial charge in [-0.25, -0.2) is 0 Å². The molecule has 1 unspecified atom stereocenters. The number of thiophene rings is 1. The van der Waals surface area contributed by atoms with Gasteiger partial charge in [0, 0.05) is 24.0 Å². The monoisotopic (exact) mass is 280 g/mol. The average Bonchev–Trinajstić information content (AvgIpc) is 3.05. The minimum atomic E-state index is 0.169. The van der Waals surface area contributed by atoms with Crippen molar-refractivity contribution in [1.82, 2.24) is 9.80 Å². The summed E-state index contributed by atoms with van der Waals surface area (Å²) in [7, 11) is 0. The molecule has 2 aliphatic heterocycles. The molecule has 4 nitrogen and oxygen atoms in total. The van der Waals surface area contributed by atoms with E-state index in [2.05, 4.69) is 16.3 Å². The third-order valence-electron chi connectivity index (χ3n) is 4.21. The molecule has 0 aromatic carbocycles. The van der Waals surface area contributed by atoms with Gasteiger partial charge in [0.1, 0.15) is 0 Å². The lowest BCUT2D eigenvalue weighted by molar-refractivity contribution is -0.133. The van der Waals surface area contributed by atoms with Crippen LogP contribution in [0.2, 0.25) is 0 Å². The molecule has 3 rings (SSSR count). The molecular weight excluding hydrogens is 260 g/mol. The Balaban J connectivity index is 1.59. The Hall–Kier alpha value is -0.910. The van der Waals surface area contributed by atoms with Crippen molar-refractivity contribution in [1.29, 1.82) is 0 Å². The first kappa shape index (κ1) is 13.1. The molecule has 3 heterocycles. The van der Waals surface area contributed by atoms with E-state index in [0.717, 1.165) is 38.9 Å². The first-order valence-corrected chi connectivity index (χ1v) is 7.84. The molecule has 0 spiro atoms. The molecule has 5 heteroatoms. The molecular formula is C14H20N2O2S. The van der Waals surface area contributed by atoms with Crippen molar-refractivity contribution in [3.05, 3.63) is 21.9 Å². The maximum atomic E-state index is 12.4. The van der Waals surface area contributed by atoms with Gasteiger partial charge in [-0.1, -0.05) is 0 Å². The number of hydrogen-bond donors (Lipinski definition) is 1. The van der Waals surface area contributed by atoms with Gasteiger partial charge in [-0.2, -0.15) is 0 Å². The zero-order valence-electron chi connectivity index (χ0n) is 11.0. The lowest BCUT2D eigenvalue weighted by Gasteiger charge is -2.30. The highest BCUT2D eigenvalue weighted by Crippen LogP contribution is 2.24. The largest absolute Gasteiger partial charge is 0.395 e. The summed E-state index contributed by atoms with van der Waals surface area (Å²) in [4.78, 5) is 17.9. The number of hydrogen-bond acceptors (Lipinski definition) is 4. The van der Waals surface area contributed by atoms with Crippen molar-refractivity contribution in [2.24, 2.45) is 0 Å². The van der Waals surface area contributed by atoms with Crippen LogP contribution in [-0.2, 0) is 17.8 Å². The summed E-state index contributed by atoms with van der Waals surface area (Å²) in [5, 5.41) is 11.4. The molecule has 1 fully saturated rings. The fraction of sp³-hybridized carbons (Fsp3) is 0.643. The van der Waals surface area contributed by atoms with E-state index in [-0.39, 0.29) is 18.6 Å². The normalized spacial score (nSPS) is 23.6. The number of nitrogens with zero attached hydrogens (tertiary/aromatic N) is 2. The molecule has 1 atom stereocenters. The van der Waals surface area contributed by atoms with Gasteiger partial charge >= 0.3 is 0 Å². The number of amides is 1. The molecule has 0 aliphatic carbocycles. The summed E-state index contributed by atoms with van der Waals surface area (Å²) < 4.78 is 0. The second-order valence-corrected chi connectivity index (χ2v) is 6.38. The van der Waals surface area contributed by atoms with E-state index in [1.807, 2.05) is 4.90 Å². The van der Waals surface area contributed by atoms with Gasteiger partial charge in [-0.15, -0.1) is 11.3 Å². The van der Waals surface area contributed by atoms with E-state index < -0.39 is 0 Å². The first-order chi connectivity index (χ1) is 9.28. The molecule has 1 aromatic heterocycles. The number of likely N-dealkylation sites (tertiary alicyclic amines) is 1. The van der Waals surface area contributed by atoms with Crippen LogP contribution >= 0.6 is 11.3 Å². The van der Waals surface area contributed by atoms with Crippen molar-refractivity contribution in [2.45, 2.75) is 31.8 Å². The highest BCUT2D eigenvalue weighted by atomic mass is 32.1. The quantitative estimate of drug-likeness (QED) is 0.901. The molecule has 2 aliphatic rings. The average molecular weight is 280 g/mol. The van der Waals surface area contributed by atoms with Gasteiger partial charge < -0.3 is 10.0 Å². The van der Waals surface area contributed by atoms with Crippen molar-refractivity contribution >= 4 is 17.2 Å². The number of rotatable bonds is 3. The molecule has 0 bridgehead atoms. The van der Waals surface area contributed by atoms with Gasteiger partial charge in [0.2, 0.25) is 5.91 Å². The van der Waals surface area contributed by atoms with Gasteiger partial charge in [0.15, 0.2) is 0 Å². The molecule has 19 heavy (non-hydrogen) atoms. The second kappa shape index (κ2) is 5.61. The van der Waals surface area contributed by atoms with Crippen LogP contribution in [0.4, 0.5) is 0 Å². The van der Waals surface area contributed by atoms with Gasteiger partial charge in [-0.3, -0.25) is 9.69 Å². The van der Waals surface area contributed by atoms with E-state index in [1.165, 1.54) is 10.4 Å². The van der Waals surface area contributed by atoms with E-state index >= 15 is 0 Å². The Morgan fingerprint density at radius 2 is 2.37 bits per heavy atom. The molecule has 0 radical (unpaired) electrons. The number of fused-ring (bicyclic) bond motifs is 1. The van der Waals surface area contributed by atoms with E-state index in [1.54, 1.807) is 11.3 Å². The molecule has 104 valence electrons. The Morgan fingerprint density at radius 1 is 1.47 bits per heavy atom. The Labute approximate surface area is 117 Å². The van der Waals surface area contributed by atoms with Crippen molar-refractivity contribution < 1.29 is 9.90 Å². The standard InChI is InChI=1S/C14H20N2O2S/c17-10-12-2-1-5-15(12)9-14(18)16-6-3-13-11(8-16)4-7-19-13/h4,7,12,17H,1-3,5-6,8-10H2. The minimum Gasteiger partial charge on any atom is -0.395 e. The van der Waals surface area contributed by atoms with Crippen molar-refractivity contribution in [2.75, 3.05) is 26.2 Å². The van der Waals surface area contributed by atoms with Gasteiger partial charge in [0.25, 0.3) is 0 Å². The highest BCUT2D eigenvalue weighted by Gasteiger charge is 2.28. The van der Waals surface area contributed by atoms with E-state index in [0.29, 0.717) is 6.54 Å². The Morgan fingerprint density at radius 3 is 3.21 bits per heavy atom. The van der Waals surface area contributed by atoms with Crippen molar-refractivity contribution in [3.8, 4) is 0 Å². The lowest BCUT2D eigenvalue weighted by atomic mass is 10.1. The highest BCUT2D eigenvalue weighted by molar-refractivity contribution is 7.10. The van der Waals surface area contributed by atoms with Gasteiger partial charge in [-0.05, 0) is 42.8 Å². The predicted octanol–water partition coefficient (Wildman–Crippen LogP) is 1.09. The minimum absolute atomic E-state index is 0.169. The summed E-state index contributed by atoms with van der Waals surface area (Å²) in [5.74, 6) is 0.206. The summed E-state index contributed by atoms with van der Waals surface area (Å²) in [6.07, 6.45) is 3.09. The second-order valence-electron chi connectivity index (χ2n) is 5.38. The van der Waals surface area contributed by atoms with Crippen molar-refractivity contribution in [3.63, 3.8) is 0 Å². The van der Waals surface area contributed by atoms with E-state index in [4.69, 9.17) is 0 Å². The fourth-order valence-corrected chi connectivity index (χ4v) is 3.93. The zero-order chi connectivity index (χ0) is 13.2. The summed E-state index contributed by atoms with van der Waals surface area (Å²) >= 11 is 1.79. The zero-order valence-corrected chi connectivity index (χ0v) is 11.9. The predicted molar refractivity (Wildman–Crippen MR) is 75.1 cm³/mol. The van der Waals surface area contributed by atoms with Crippen LogP contribution in [-0.4, -0.2) is 53.1 Å². The number of aliphatic hydroxyl groups excluding tert-OH is 1. The van der Waals surface area contributed by atoms with Crippen LogP contribution in [0.5, 0.6) is 0 Å². The fourth-order valence-electron chi connectivity index (χ4n) is 3.05. The van der Waals surface area contributed by atoms with E-state index in [9.17, 15) is 9.90 Å². The number of carbonyl (C=O) groups is 1.